The van der Waals surface area contributed by atoms with Gasteiger partial charge in [-0.3, -0.25) is 0 Å². The number of likely N-dealkylation sites (N-methyl/N-ethyl adjacent to an activating group) is 1. The molecule has 3 aromatic carbocycles. The number of amides is 1. The number of carbonyl (C=O) groups excluding carboxylic acids is 1. The fourth-order valence-electron chi connectivity index (χ4n) is 6.31. The van der Waals surface area contributed by atoms with Crippen molar-refractivity contribution in [2.24, 2.45) is 5.92 Å². The zero-order chi connectivity index (χ0) is 31.8. The number of benzene rings is 3. The van der Waals surface area contributed by atoms with Crippen LogP contribution in [0.5, 0.6) is 0 Å². The Labute approximate surface area is 261 Å². The van der Waals surface area contributed by atoms with Gasteiger partial charge in [0.25, 0.3) is 0 Å². The molecule has 5 rings (SSSR count). The molecule has 236 valence electrons. The molecule has 2 heterocycles. The van der Waals surface area contributed by atoms with Gasteiger partial charge in [-0.2, -0.15) is 4.31 Å². The van der Waals surface area contributed by atoms with Crippen LogP contribution in [0.3, 0.4) is 0 Å². The summed E-state index contributed by atoms with van der Waals surface area (Å²) in [4.78, 5) is 16.9. The van der Waals surface area contributed by atoms with Gasteiger partial charge >= 0.3 is 6.09 Å². The Bertz CT molecular complexity index is 1580. The van der Waals surface area contributed by atoms with Gasteiger partial charge in [-0.05, 0) is 105 Å². The SMILES string of the molecule is CC(C)C[C@@H]1CN(c2ccccc2)c2cc(C3CCN(C(=O)OC(C)(C)C)CC3)c(-c3ccc(F)cc3)cc2S(=O)(=O)N1C. The Morgan fingerprint density at radius 2 is 1.64 bits per heavy atom. The molecule has 0 N–H and O–H groups in total. The van der Waals surface area contributed by atoms with Gasteiger partial charge < -0.3 is 14.5 Å². The summed E-state index contributed by atoms with van der Waals surface area (Å²) in [7, 11) is -2.19. The van der Waals surface area contributed by atoms with Crippen molar-refractivity contribution in [2.75, 3.05) is 31.6 Å². The van der Waals surface area contributed by atoms with Gasteiger partial charge in [0.1, 0.15) is 16.3 Å². The van der Waals surface area contributed by atoms with Gasteiger partial charge in [0.2, 0.25) is 10.0 Å². The number of rotatable bonds is 5. The first-order valence-corrected chi connectivity index (χ1v) is 16.9. The maximum absolute atomic E-state index is 14.3. The molecule has 9 heteroatoms. The van der Waals surface area contributed by atoms with Crippen LogP contribution >= 0.6 is 0 Å². The van der Waals surface area contributed by atoms with Gasteiger partial charge in [0.15, 0.2) is 0 Å². The van der Waals surface area contributed by atoms with E-state index in [4.69, 9.17) is 4.74 Å². The first-order chi connectivity index (χ1) is 20.7. The predicted octanol–water partition coefficient (Wildman–Crippen LogP) is 7.79. The minimum absolute atomic E-state index is 0.0619. The molecule has 0 unspecified atom stereocenters. The lowest BCUT2D eigenvalue weighted by Gasteiger charge is -2.35. The molecule has 1 fully saturated rings. The molecular weight excluding hydrogens is 577 g/mol. The number of fused-ring (bicyclic) bond motifs is 1. The second-order valence-electron chi connectivity index (χ2n) is 13.4. The average Bonchev–Trinajstić information content (AvgIpc) is 3.05. The van der Waals surface area contributed by atoms with Gasteiger partial charge in [-0.25, -0.2) is 17.6 Å². The van der Waals surface area contributed by atoms with Crippen molar-refractivity contribution in [2.45, 2.75) is 76.3 Å². The lowest BCUT2D eigenvalue weighted by molar-refractivity contribution is 0.0205. The summed E-state index contributed by atoms with van der Waals surface area (Å²) in [5.74, 6) is 0.0126. The lowest BCUT2D eigenvalue weighted by Crippen LogP contribution is -2.41. The number of ether oxygens (including phenoxy) is 1. The van der Waals surface area contributed by atoms with Crippen LogP contribution < -0.4 is 4.90 Å². The van der Waals surface area contributed by atoms with E-state index in [2.05, 4.69) is 18.7 Å². The van der Waals surface area contributed by atoms with Crippen molar-refractivity contribution in [3.8, 4) is 11.1 Å². The molecule has 3 aromatic rings. The molecule has 44 heavy (non-hydrogen) atoms. The van der Waals surface area contributed by atoms with Crippen LogP contribution in [0.1, 0.15) is 65.4 Å². The largest absolute Gasteiger partial charge is 0.444 e. The summed E-state index contributed by atoms with van der Waals surface area (Å²) in [6.45, 7) is 11.4. The number of hydrogen-bond donors (Lipinski definition) is 0. The Hall–Kier alpha value is -3.43. The Balaban J connectivity index is 1.65. The van der Waals surface area contributed by atoms with Crippen LogP contribution in [-0.2, 0) is 14.8 Å². The second-order valence-corrected chi connectivity index (χ2v) is 15.4. The Morgan fingerprint density at radius 1 is 1.00 bits per heavy atom. The normalized spacial score (nSPS) is 19.5. The number of para-hydroxylation sites is 1. The van der Waals surface area contributed by atoms with E-state index >= 15 is 0 Å². The summed E-state index contributed by atoms with van der Waals surface area (Å²) >= 11 is 0. The Morgan fingerprint density at radius 3 is 2.23 bits per heavy atom. The third-order valence-corrected chi connectivity index (χ3v) is 10.5. The topological polar surface area (TPSA) is 70.2 Å². The van der Waals surface area contributed by atoms with Gasteiger partial charge in [-0.15, -0.1) is 0 Å². The van der Waals surface area contributed by atoms with Crippen LogP contribution in [-0.4, -0.2) is 62.0 Å². The van der Waals surface area contributed by atoms with Crippen molar-refractivity contribution >= 4 is 27.5 Å². The highest BCUT2D eigenvalue weighted by Gasteiger charge is 2.39. The van der Waals surface area contributed by atoms with E-state index in [0.29, 0.717) is 50.5 Å². The zero-order valence-electron chi connectivity index (χ0n) is 26.6. The standard InChI is InChI=1S/C35H44FN3O4S/c1-24(2)20-29-23-39(28-10-8-7-9-11-28)32-21-30(26-16-18-38(19-17-26)34(40)43-35(3,4)5)31(25-12-14-27(36)15-13-25)22-33(32)44(41,42)37(29)6/h7-15,21-22,24,26,29H,16-20,23H2,1-6H3/t29-/m1/s1. The van der Waals surface area contributed by atoms with Crippen LogP contribution in [0.2, 0.25) is 0 Å². The zero-order valence-corrected chi connectivity index (χ0v) is 27.4. The number of nitrogens with zero attached hydrogens (tertiary/aromatic N) is 3. The van der Waals surface area contributed by atoms with E-state index < -0.39 is 15.6 Å². The maximum Gasteiger partial charge on any atom is 0.410 e. The maximum atomic E-state index is 14.3. The van der Waals surface area contributed by atoms with Crippen LogP contribution in [0.4, 0.5) is 20.6 Å². The smallest absolute Gasteiger partial charge is 0.410 e. The van der Waals surface area contributed by atoms with Crippen LogP contribution in [0, 0.1) is 11.7 Å². The van der Waals surface area contributed by atoms with Crippen molar-refractivity contribution in [3.05, 3.63) is 78.1 Å². The van der Waals surface area contributed by atoms with E-state index in [9.17, 15) is 17.6 Å². The van der Waals surface area contributed by atoms with Crippen molar-refractivity contribution < 1.29 is 22.3 Å². The quantitative estimate of drug-likeness (QED) is 0.291. The highest BCUT2D eigenvalue weighted by atomic mass is 32.2. The lowest BCUT2D eigenvalue weighted by atomic mass is 9.84. The van der Waals surface area contributed by atoms with E-state index in [1.807, 2.05) is 57.2 Å². The molecule has 1 atom stereocenters. The summed E-state index contributed by atoms with van der Waals surface area (Å²) in [6.07, 6.45) is 1.78. The fraction of sp³-hybridized carbons (Fsp3) is 0.457. The molecule has 1 amide bonds. The van der Waals surface area contributed by atoms with Crippen molar-refractivity contribution in [1.29, 1.82) is 0 Å². The Kier molecular flexibility index (Phi) is 9.10. The predicted molar refractivity (Wildman–Crippen MR) is 173 cm³/mol. The molecule has 1 saturated heterocycles. The number of halogens is 1. The first kappa shape index (κ1) is 32.0. The van der Waals surface area contributed by atoms with Crippen LogP contribution in [0.25, 0.3) is 11.1 Å². The molecule has 2 aliphatic rings. The third kappa shape index (κ3) is 6.79. The molecule has 7 nitrogen and oxygen atoms in total. The van der Waals surface area contributed by atoms with Gasteiger partial charge in [0, 0.05) is 38.4 Å². The molecule has 0 bridgehead atoms. The molecular formula is C35H44FN3O4S. The third-order valence-electron chi connectivity index (χ3n) is 8.54. The highest BCUT2D eigenvalue weighted by Crippen LogP contribution is 2.45. The minimum atomic E-state index is -3.87. The minimum Gasteiger partial charge on any atom is -0.444 e. The average molecular weight is 622 g/mol. The molecule has 0 radical (unpaired) electrons. The molecule has 0 aliphatic carbocycles. The number of likely N-dealkylation sites (tertiary alicyclic amines) is 1. The molecule has 2 aliphatic heterocycles. The number of anilines is 2. The van der Waals surface area contributed by atoms with Crippen molar-refractivity contribution in [1.82, 2.24) is 9.21 Å². The van der Waals surface area contributed by atoms with Crippen LogP contribution in [0.15, 0.2) is 71.6 Å². The number of piperidine rings is 1. The molecule has 0 aromatic heterocycles. The van der Waals surface area contributed by atoms with E-state index in [-0.39, 0.29) is 28.8 Å². The second kappa shape index (κ2) is 12.5. The van der Waals surface area contributed by atoms with E-state index in [0.717, 1.165) is 22.4 Å². The van der Waals surface area contributed by atoms with E-state index in [1.165, 1.54) is 16.4 Å². The number of carbonyl (C=O) groups is 1. The van der Waals surface area contributed by atoms with E-state index in [1.54, 1.807) is 30.1 Å². The number of hydrogen-bond acceptors (Lipinski definition) is 5. The number of sulfonamides is 1. The monoisotopic (exact) mass is 621 g/mol. The molecule has 0 saturated carbocycles. The van der Waals surface area contributed by atoms with Crippen molar-refractivity contribution in [3.63, 3.8) is 0 Å². The van der Waals surface area contributed by atoms with Gasteiger partial charge in [-0.1, -0.05) is 44.2 Å². The summed E-state index contributed by atoms with van der Waals surface area (Å²) in [5, 5.41) is 0. The summed E-state index contributed by atoms with van der Waals surface area (Å²) in [6, 6.07) is 19.8. The van der Waals surface area contributed by atoms with Gasteiger partial charge in [0.05, 0.1) is 5.69 Å². The fourth-order valence-corrected chi connectivity index (χ4v) is 7.87. The summed E-state index contributed by atoms with van der Waals surface area (Å²) < 4.78 is 49.8. The molecule has 0 spiro atoms. The first-order valence-electron chi connectivity index (χ1n) is 15.5. The summed E-state index contributed by atoms with van der Waals surface area (Å²) in [5.41, 5.74) is 3.52. The highest BCUT2D eigenvalue weighted by molar-refractivity contribution is 7.89.